The minimum absolute atomic E-state index is 0.431. The van der Waals surface area contributed by atoms with Crippen LogP contribution in [-0.4, -0.2) is 26.4 Å². The van der Waals surface area contributed by atoms with Gasteiger partial charge in [0, 0.05) is 26.8 Å². The number of methoxy groups -OCH3 is 2. The monoisotopic (exact) mass is 263 g/mol. The molecule has 106 valence electrons. The fourth-order valence-corrected chi connectivity index (χ4v) is 2.82. The molecule has 1 aromatic rings. The first kappa shape index (κ1) is 14.5. The highest BCUT2D eigenvalue weighted by atomic mass is 16.5. The first-order chi connectivity index (χ1) is 9.33. The predicted octanol–water partition coefficient (Wildman–Crippen LogP) is 2.88. The van der Waals surface area contributed by atoms with Crippen molar-refractivity contribution >= 4 is 0 Å². The summed E-state index contributed by atoms with van der Waals surface area (Å²) in [4.78, 5) is 0. The van der Waals surface area contributed by atoms with Crippen molar-refractivity contribution in [2.45, 2.75) is 51.0 Å². The zero-order valence-corrected chi connectivity index (χ0v) is 12.0. The second kappa shape index (κ2) is 7.63. The van der Waals surface area contributed by atoms with Crippen LogP contribution in [0.25, 0.3) is 0 Å². The largest absolute Gasteiger partial charge is 0.381 e. The smallest absolute Gasteiger partial charge is 0.0716 e. The fourth-order valence-electron chi connectivity index (χ4n) is 2.82. The Hall–Kier alpha value is -0.900. The highest BCUT2D eigenvalue weighted by Gasteiger charge is 2.21. The lowest BCUT2D eigenvalue weighted by molar-refractivity contribution is 0.0586. The Morgan fingerprint density at radius 3 is 2.68 bits per heavy atom. The van der Waals surface area contributed by atoms with Crippen LogP contribution in [0.2, 0.25) is 0 Å². The van der Waals surface area contributed by atoms with Gasteiger partial charge in [-0.15, -0.1) is 0 Å². The van der Waals surface area contributed by atoms with Crippen LogP contribution in [0.3, 0.4) is 0 Å². The Balaban J connectivity index is 1.87. The standard InChI is InChI=1S/C16H25NO2/c1-18-12-14-7-4-3-6-13(14)11-17-15-8-5-9-16(10-15)19-2/h3-4,6-7,15-17H,5,8-12H2,1-2H3. The summed E-state index contributed by atoms with van der Waals surface area (Å²) in [6.45, 7) is 1.60. The van der Waals surface area contributed by atoms with Crippen LogP contribution in [-0.2, 0) is 22.6 Å². The second-order valence-corrected chi connectivity index (χ2v) is 5.30. The molecule has 0 saturated heterocycles. The molecule has 2 unspecified atom stereocenters. The normalized spacial score (nSPS) is 23.5. The van der Waals surface area contributed by atoms with Crippen LogP contribution in [0.15, 0.2) is 24.3 Å². The van der Waals surface area contributed by atoms with E-state index < -0.39 is 0 Å². The summed E-state index contributed by atoms with van der Waals surface area (Å²) >= 11 is 0. The van der Waals surface area contributed by atoms with E-state index in [0.717, 1.165) is 13.0 Å². The van der Waals surface area contributed by atoms with Gasteiger partial charge in [0.2, 0.25) is 0 Å². The summed E-state index contributed by atoms with van der Waals surface area (Å²) < 4.78 is 10.7. The quantitative estimate of drug-likeness (QED) is 0.856. The van der Waals surface area contributed by atoms with E-state index in [0.29, 0.717) is 18.8 Å². The molecule has 0 heterocycles. The van der Waals surface area contributed by atoms with Gasteiger partial charge in [-0.1, -0.05) is 24.3 Å². The number of benzene rings is 1. The summed E-state index contributed by atoms with van der Waals surface area (Å²) in [6.07, 6.45) is 5.28. The van der Waals surface area contributed by atoms with Gasteiger partial charge in [0.05, 0.1) is 12.7 Å². The lowest BCUT2D eigenvalue weighted by atomic mass is 9.92. The van der Waals surface area contributed by atoms with E-state index in [1.54, 1.807) is 7.11 Å². The Morgan fingerprint density at radius 1 is 1.16 bits per heavy atom. The molecule has 0 amide bonds. The van der Waals surface area contributed by atoms with Crippen LogP contribution in [0.1, 0.15) is 36.8 Å². The van der Waals surface area contributed by atoms with Gasteiger partial charge < -0.3 is 14.8 Å². The molecule has 2 atom stereocenters. The van der Waals surface area contributed by atoms with E-state index >= 15 is 0 Å². The summed E-state index contributed by atoms with van der Waals surface area (Å²) in [7, 11) is 3.56. The molecule has 0 aromatic heterocycles. The van der Waals surface area contributed by atoms with Crippen LogP contribution in [0.4, 0.5) is 0 Å². The Kier molecular flexibility index (Phi) is 5.83. The van der Waals surface area contributed by atoms with E-state index in [9.17, 15) is 0 Å². The van der Waals surface area contributed by atoms with E-state index in [4.69, 9.17) is 9.47 Å². The molecule has 1 aromatic carbocycles. The summed E-state index contributed by atoms with van der Waals surface area (Å²) in [5, 5.41) is 3.67. The van der Waals surface area contributed by atoms with Crippen LogP contribution >= 0.6 is 0 Å². The third-order valence-corrected chi connectivity index (χ3v) is 3.96. The molecule has 0 aliphatic heterocycles. The van der Waals surface area contributed by atoms with E-state index in [2.05, 4.69) is 29.6 Å². The number of nitrogens with one attached hydrogen (secondary N) is 1. The lowest BCUT2D eigenvalue weighted by Crippen LogP contribution is -2.36. The van der Waals surface area contributed by atoms with Crippen molar-refractivity contribution in [1.82, 2.24) is 5.32 Å². The molecule has 0 spiro atoms. The summed E-state index contributed by atoms with van der Waals surface area (Å²) in [5.41, 5.74) is 2.61. The van der Waals surface area contributed by atoms with Gasteiger partial charge >= 0.3 is 0 Å². The zero-order chi connectivity index (χ0) is 13.5. The Labute approximate surface area is 116 Å². The maximum absolute atomic E-state index is 5.48. The van der Waals surface area contributed by atoms with Gasteiger partial charge in [-0.3, -0.25) is 0 Å². The van der Waals surface area contributed by atoms with E-state index in [-0.39, 0.29) is 0 Å². The molecular formula is C16H25NO2. The van der Waals surface area contributed by atoms with Gasteiger partial charge in [0.15, 0.2) is 0 Å². The van der Waals surface area contributed by atoms with Crippen LogP contribution < -0.4 is 5.32 Å². The van der Waals surface area contributed by atoms with Crippen molar-refractivity contribution in [2.75, 3.05) is 14.2 Å². The van der Waals surface area contributed by atoms with Crippen molar-refractivity contribution in [3.05, 3.63) is 35.4 Å². The molecule has 0 bridgehead atoms. The van der Waals surface area contributed by atoms with E-state index in [1.807, 2.05) is 7.11 Å². The highest BCUT2D eigenvalue weighted by molar-refractivity contribution is 5.26. The first-order valence-electron chi connectivity index (χ1n) is 7.15. The van der Waals surface area contributed by atoms with Crippen molar-refractivity contribution in [2.24, 2.45) is 0 Å². The summed E-state index contributed by atoms with van der Waals surface area (Å²) in [5.74, 6) is 0. The molecule has 1 aliphatic carbocycles. The average molecular weight is 263 g/mol. The van der Waals surface area contributed by atoms with E-state index in [1.165, 1.54) is 30.4 Å². The van der Waals surface area contributed by atoms with Crippen molar-refractivity contribution in [3.8, 4) is 0 Å². The topological polar surface area (TPSA) is 30.5 Å². The summed E-state index contributed by atoms with van der Waals surface area (Å²) in [6, 6.07) is 9.06. The number of hydrogen-bond acceptors (Lipinski definition) is 3. The van der Waals surface area contributed by atoms with Gasteiger partial charge in [0.25, 0.3) is 0 Å². The minimum atomic E-state index is 0.431. The molecule has 19 heavy (non-hydrogen) atoms. The lowest BCUT2D eigenvalue weighted by Gasteiger charge is -2.29. The molecule has 1 fully saturated rings. The Morgan fingerprint density at radius 2 is 1.95 bits per heavy atom. The maximum atomic E-state index is 5.48. The van der Waals surface area contributed by atoms with Crippen molar-refractivity contribution in [3.63, 3.8) is 0 Å². The van der Waals surface area contributed by atoms with Gasteiger partial charge in [-0.25, -0.2) is 0 Å². The van der Waals surface area contributed by atoms with Crippen molar-refractivity contribution < 1.29 is 9.47 Å². The third-order valence-electron chi connectivity index (χ3n) is 3.96. The first-order valence-corrected chi connectivity index (χ1v) is 7.15. The molecule has 3 nitrogen and oxygen atoms in total. The van der Waals surface area contributed by atoms with Crippen LogP contribution in [0, 0.1) is 0 Å². The average Bonchev–Trinajstić information content (AvgIpc) is 2.47. The number of rotatable bonds is 6. The zero-order valence-electron chi connectivity index (χ0n) is 12.0. The minimum Gasteiger partial charge on any atom is -0.381 e. The van der Waals surface area contributed by atoms with Crippen LogP contribution in [0.5, 0.6) is 0 Å². The van der Waals surface area contributed by atoms with Gasteiger partial charge in [-0.05, 0) is 36.8 Å². The van der Waals surface area contributed by atoms with Crippen molar-refractivity contribution in [1.29, 1.82) is 0 Å². The number of hydrogen-bond donors (Lipinski definition) is 1. The highest BCUT2D eigenvalue weighted by Crippen LogP contribution is 2.21. The SMILES string of the molecule is COCc1ccccc1CNC1CCCC(OC)C1. The molecule has 3 heteroatoms. The van der Waals surface area contributed by atoms with Gasteiger partial charge in [0.1, 0.15) is 0 Å². The Bertz CT molecular complexity index is 381. The second-order valence-electron chi connectivity index (χ2n) is 5.30. The molecule has 0 radical (unpaired) electrons. The molecule has 1 N–H and O–H groups in total. The number of ether oxygens (including phenoxy) is 2. The molecule has 1 saturated carbocycles. The molecule has 2 rings (SSSR count). The third kappa shape index (κ3) is 4.30. The fraction of sp³-hybridized carbons (Fsp3) is 0.625. The molecular weight excluding hydrogens is 238 g/mol. The predicted molar refractivity (Wildman–Crippen MR) is 77.0 cm³/mol. The molecule has 1 aliphatic rings. The van der Waals surface area contributed by atoms with Gasteiger partial charge in [-0.2, -0.15) is 0 Å². The maximum Gasteiger partial charge on any atom is 0.0716 e.